The van der Waals surface area contributed by atoms with Gasteiger partial charge in [0.2, 0.25) is 15.9 Å². The van der Waals surface area contributed by atoms with Gasteiger partial charge in [-0.15, -0.1) is 0 Å². The molecule has 5 nitrogen and oxygen atoms in total. The van der Waals surface area contributed by atoms with E-state index in [0.29, 0.717) is 12.2 Å². The lowest BCUT2D eigenvalue weighted by Crippen LogP contribution is -2.40. The van der Waals surface area contributed by atoms with Crippen molar-refractivity contribution in [2.24, 2.45) is 0 Å². The van der Waals surface area contributed by atoms with Crippen molar-refractivity contribution in [3.8, 4) is 0 Å². The zero-order valence-electron chi connectivity index (χ0n) is 13.3. The lowest BCUT2D eigenvalue weighted by atomic mass is 9.87. The maximum absolute atomic E-state index is 11.9. The normalized spacial score (nSPS) is 12.0. The van der Waals surface area contributed by atoms with Gasteiger partial charge in [0.1, 0.15) is 6.54 Å². The number of anilines is 1. The van der Waals surface area contributed by atoms with E-state index in [0.717, 1.165) is 16.1 Å². The van der Waals surface area contributed by atoms with Crippen molar-refractivity contribution in [3.05, 3.63) is 29.8 Å². The number of hydrogen-bond donors (Lipinski definition) is 1. The monoisotopic (exact) mass is 312 g/mol. The van der Waals surface area contributed by atoms with Gasteiger partial charge >= 0.3 is 0 Å². The number of carbonyl (C=O) groups excluding carboxylic acids is 1. The summed E-state index contributed by atoms with van der Waals surface area (Å²) in [6.45, 7) is 8.32. The SMILES string of the molecule is CCNC(=O)CN(c1ccc(C(C)(C)C)cc1)S(C)(=O)=O. The lowest BCUT2D eigenvalue weighted by molar-refractivity contribution is -0.119. The molecule has 0 radical (unpaired) electrons. The summed E-state index contributed by atoms with van der Waals surface area (Å²) in [5.74, 6) is -0.317. The maximum Gasteiger partial charge on any atom is 0.240 e. The van der Waals surface area contributed by atoms with E-state index in [1.807, 2.05) is 12.1 Å². The first kappa shape index (κ1) is 17.5. The average molecular weight is 312 g/mol. The molecule has 0 aliphatic heterocycles. The van der Waals surface area contributed by atoms with Crippen molar-refractivity contribution in [3.63, 3.8) is 0 Å². The molecule has 0 aliphatic carbocycles. The number of amides is 1. The van der Waals surface area contributed by atoms with Crippen LogP contribution in [-0.4, -0.2) is 33.7 Å². The summed E-state index contributed by atoms with van der Waals surface area (Å²) < 4.78 is 24.9. The van der Waals surface area contributed by atoms with E-state index in [-0.39, 0.29) is 17.9 Å². The van der Waals surface area contributed by atoms with Gasteiger partial charge < -0.3 is 5.32 Å². The van der Waals surface area contributed by atoms with Crippen LogP contribution in [0.15, 0.2) is 24.3 Å². The molecule has 1 rings (SSSR count). The molecule has 118 valence electrons. The quantitative estimate of drug-likeness (QED) is 0.903. The average Bonchev–Trinajstić information content (AvgIpc) is 2.34. The van der Waals surface area contributed by atoms with Crippen molar-refractivity contribution < 1.29 is 13.2 Å². The van der Waals surface area contributed by atoms with E-state index in [9.17, 15) is 13.2 Å². The fraction of sp³-hybridized carbons (Fsp3) is 0.533. The first-order chi connectivity index (χ1) is 9.55. The van der Waals surface area contributed by atoms with Gasteiger partial charge in [0.25, 0.3) is 0 Å². The second-order valence-electron chi connectivity index (χ2n) is 6.02. The Morgan fingerprint density at radius 2 is 1.71 bits per heavy atom. The molecule has 0 fully saturated rings. The van der Waals surface area contributed by atoms with Crippen molar-refractivity contribution in [2.75, 3.05) is 23.7 Å². The van der Waals surface area contributed by atoms with Crippen LogP contribution in [0.2, 0.25) is 0 Å². The van der Waals surface area contributed by atoms with E-state index < -0.39 is 10.0 Å². The lowest BCUT2D eigenvalue weighted by Gasteiger charge is -2.24. The summed E-state index contributed by atoms with van der Waals surface area (Å²) in [6.07, 6.45) is 1.10. The largest absolute Gasteiger partial charge is 0.355 e. The number of nitrogens with one attached hydrogen (secondary N) is 1. The van der Waals surface area contributed by atoms with E-state index in [4.69, 9.17) is 0 Å². The molecular weight excluding hydrogens is 288 g/mol. The van der Waals surface area contributed by atoms with E-state index in [2.05, 4.69) is 26.1 Å². The first-order valence-corrected chi connectivity index (χ1v) is 8.75. The molecule has 1 aromatic carbocycles. The smallest absolute Gasteiger partial charge is 0.240 e. The van der Waals surface area contributed by atoms with E-state index in [1.54, 1.807) is 19.1 Å². The van der Waals surface area contributed by atoms with Crippen LogP contribution in [0.3, 0.4) is 0 Å². The fourth-order valence-corrected chi connectivity index (χ4v) is 2.77. The second-order valence-corrected chi connectivity index (χ2v) is 7.93. The number of nitrogens with zero attached hydrogens (tertiary/aromatic N) is 1. The molecule has 0 unspecified atom stereocenters. The molecule has 0 atom stereocenters. The van der Waals surface area contributed by atoms with Gasteiger partial charge in [0.05, 0.1) is 11.9 Å². The number of benzene rings is 1. The molecular formula is C15H24N2O3S. The van der Waals surface area contributed by atoms with Gasteiger partial charge in [-0.05, 0) is 30.0 Å². The molecule has 0 spiro atoms. The summed E-state index contributed by atoms with van der Waals surface area (Å²) >= 11 is 0. The minimum absolute atomic E-state index is 0.00592. The summed E-state index contributed by atoms with van der Waals surface area (Å²) in [6, 6.07) is 7.26. The van der Waals surface area contributed by atoms with Crippen LogP contribution in [0.4, 0.5) is 5.69 Å². The number of likely N-dealkylation sites (N-methyl/N-ethyl adjacent to an activating group) is 1. The van der Waals surface area contributed by atoms with E-state index in [1.165, 1.54) is 0 Å². The third-order valence-electron chi connectivity index (χ3n) is 3.08. The molecule has 1 N–H and O–H groups in total. The highest BCUT2D eigenvalue weighted by Gasteiger charge is 2.21. The Kier molecular flexibility index (Phi) is 5.39. The van der Waals surface area contributed by atoms with Gasteiger partial charge in [0, 0.05) is 6.54 Å². The highest BCUT2D eigenvalue weighted by Crippen LogP contribution is 2.25. The van der Waals surface area contributed by atoms with Crippen LogP contribution >= 0.6 is 0 Å². The molecule has 1 amide bonds. The van der Waals surface area contributed by atoms with Gasteiger partial charge in [-0.25, -0.2) is 8.42 Å². The van der Waals surface area contributed by atoms with Crippen LogP contribution < -0.4 is 9.62 Å². The minimum atomic E-state index is -3.51. The summed E-state index contributed by atoms with van der Waals surface area (Å²) in [4.78, 5) is 11.7. The van der Waals surface area contributed by atoms with Gasteiger partial charge in [-0.3, -0.25) is 9.10 Å². The maximum atomic E-state index is 11.9. The number of hydrogen-bond acceptors (Lipinski definition) is 3. The highest BCUT2D eigenvalue weighted by atomic mass is 32.2. The van der Waals surface area contributed by atoms with Crippen molar-refractivity contribution in [2.45, 2.75) is 33.1 Å². The zero-order chi connectivity index (χ0) is 16.3. The molecule has 6 heteroatoms. The summed E-state index contributed by atoms with van der Waals surface area (Å²) in [5.41, 5.74) is 1.60. The van der Waals surface area contributed by atoms with Crippen LogP contribution in [0.5, 0.6) is 0 Å². The predicted octanol–water partition coefficient (Wildman–Crippen LogP) is 1.89. The Bertz CT molecular complexity index is 586. The fourth-order valence-electron chi connectivity index (χ4n) is 1.91. The Hall–Kier alpha value is -1.56. The number of rotatable bonds is 5. The third kappa shape index (κ3) is 5.04. The Morgan fingerprint density at radius 1 is 1.19 bits per heavy atom. The summed E-state index contributed by atoms with van der Waals surface area (Å²) in [5, 5.41) is 2.61. The first-order valence-electron chi connectivity index (χ1n) is 6.90. The van der Waals surface area contributed by atoms with Gasteiger partial charge in [0.15, 0.2) is 0 Å². The van der Waals surface area contributed by atoms with Crippen LogP contribution in [-0.2, 0) is 20.2 Å². The predicted molar refractivity (Wildman–Crippen MR) is 86.0 cm³/mol. The molecule has 0 bridgehead atoms. The van der Waals surface area contributed by atoms with Crippen LogP contribution in [0, 0.1) is 0 Å². The molecule has 0 aromatic heterocycles. The number of carbonyl (C=O) groups is 1. The van der Waals surface area contributed by atoms with E-state index >= 15 is 0 Å². The second kappa shape index (κ2) is 6.47. The molecule has 21 heavy (non-hydrogen) atoms. The zero-order valence-corrected chi connectivity index (χ0v) is 14.1. The van der Waals surface area contributed by atoms with Crippen LogP contribution in [0.25, 0.3) is 0 Å². The molecule has 0 heterocycles. The topological polar surface area (TPSA) is 66.5 Å². The van der Waals surface area contributed by atoms with Gasteiger partial charge in [-0.2, -0.15) is 0 Å². The van der Waals surface area contributed by atoms with Crippen molar-refractivity contribution >= 4 is 21.6 Å². The van der Waals surface area contributed by atoms with Crippen molar-refractivity contribution in [1.82, 2.24) is 5.32 Å². The third-order valence-corrected chi connectivity index (χ3v) is 4.22. The van der Waals surface area contributed by atoms with Crippen LogP contribution in [0.1, 0.15) is 33.3 Å². The molecule has 1 aromatic rings. The standard InChI is InChI=1S/C15H24N2O3S/c1-6-16-14(18)11-17(21(5,19)20)13-9-7-12(8-10-13)15(2,3)4/h7-10H,6,11H2,1-5H3,(H,16,18). The Labute approximate surface area is 127 Å². The Balaban J connectivity index is 3.08. The van der Waals surface area contributed by atoms with Gasteiger partial charge in [-0.1, -0.05) is 32.9 Å². The molecule has 0 aliphatic rings. The number of sulfonamides is 1. The molecule has 0 saturated heterocycles. The minimum Gasteiger partial charge on any atom is -0.355 e. The van der Waals surface area contributed by atoms with Crippen molar-refractivity contribution in [1.29, 1.82) is 0 Å². The summed E-state index contributed by atoms with van der Waals surface area (Å²) in [7, 11) is -3.51. The Morgan fingerprint density at radius 3 is 2.10 bits per heavy atom. The highest BCUT2D eigenvalue weighted by molar-refractivity contribution is 7.92. The molecule has 0 saturated carbocycles.